The van der Waals surface area contributed by atoms with Gasteiger partial charge in [-0.2, -0.15) is 0 Å². The van der Waals surface area contributed by atoms with Crippen molar-refractivity contribution in [1.29, 1.82) is 0 Å². The fourth-order valence-corrected chi connectivity index (χ4v) is 2.26. The summed E-state index contributed by atoms with van der Waals surface area (Å²) in [5.74, 6) is -1.15. The van der Waals surface area contributed by atoms with Crippen molar-refractivity contribution in [2.75, 3.05) is 0 Å². The van der Waals surface area contributed by atoms with E-state index in [1.165, 1.54) is 0 Å². The Balaban J connectivity index is 2.00. The van der Waals surface area contributed by atoms with Gasteiger partial charge in [-0.1, -0.05) is 24.3 Å². The SMILES string of the molecule is O=C(O)CCC(=O)c1ccc2c(c1)oc1ccccc12. The maximum Gasteiger partial charge on any atom is 0.303 e. The van der Waals surface area contributed by atoms with Gasteiger partial charge in [-0.05, 0) is 18.2 Å². The molecule has 0 aliphatic carbocycles. The number of hydrogen-bond acceptors (Lipinski definition) is 3. The van der Waals surface area contributed by atoms with Crippen molar-refractivity contribution < 1.29 is 19.1 Å². The van der Waals surface area contributed by atoms with E-state index in [1.807, 2.05) is 30.3 Å². The first-order valence-electron chi connectivity index (χ1n) is 6.31. The van der Waals surface area contributed by atoms with Crippen LogP contribution in [-0.4, -0.2) is 16.9 Å². The molecule has 0 unspecified atom stereocenters. The normalized spacial score (nSPS) is 11.0. The third-order valence-corrected chi connectivity index (χ3v) is 3.27. The molecule has 1 aromatic heterocycles. The number of Topliss-reactive ketones (excluding diaryl/α,β-unsaturated/α-hetero) is 1. The van der Waals surface area contributed by atoms with Crippen LogP contribution >= 0.6 is 0 Å². The van der Waals surface area contributed by atoms with Gasteiger partial charge in [-0.15, -0.1) is 0 Å². The number of carbonyl (C=O) groups is 2. The second-order valence-corrected chi connectivity index (χ2v) is 4.63. The Kier molecular flexibility index (Phi) is 2.99. The highest BCUT2D eigenvalue weighted by molar-refractivity contribution is 6.07. The van der Waals surface area contributed by atoms with E-state index in [0.29, 0.717) is 11.1 Å². The number of carboxylic acids is 1. The number of aliphatic carboxylic acids is 1. The van der Waals surface area contributed by atoms with Gasteiger partial charge in [-0.3, -0.25) is 9.59 Å². The average molecular weight is 268 g/mol. The summed E-state index contributed by atoms with van der Waals surface area (Å²) in [5, 5.41) is 10.6. The lowest BCUT2D eigenvalue weighted by molar-refractivity contribution is -0.136. The maximum atomic E-state index is 11.9. The zero-order valence-corrected chi connectivity index (χ0v) is 10.6. The Morgan fingerprint density at radius 3 is 2.50 bits per heavy atom. The molecule has 0 saturated carbocycles. The van der Waals surface area contributed by atoms with Gasteiger partial charge in [0.1, 0.15) is 11.2 Å². The minimum Gasteiger partial charge on any atom is -0.481 e. The van der Waals surface area contributed by atoms with Crippen molar-refractivity contribution in [3.63, 3.8) is 0 Å². The van der Waals surface area contributed by atoms with Crippen molar-refractivity contribution in [1.82, 2.24) is 0 Å². The van der Waals surface area contributed by atoms with E-state index in [9.17, 15) is 9.59 Å². The Morgan fingerprint density at radius 2 is 1.70 bits per heavy atom. The predicted molar refractivity (Wildman–Crippen MR) is 74.9 cm³/mol. The Morgan fingerprint density at radius 1 is 0.950 bits per heavy atom. The summed E-state index contributed by atoms with van der Waals surface area (Å²) < 4.78 is 5.70. The van der Waals surface area contributed by atoms with Crippen LogP contribution in [0.25, 0.3) is 21.9 Å². The number of carbonyl (C=O) groups excluding carboxylic acids is 1. The lowest BCUT2D eigenvalue weighted by atomic mass is 10.0. The lowest BCUT2D eigenvalue weighted by Crippen LogP contribution is -2.03. The number of fused-ring (bicyclic) bond motifs is 3. The van der Waals surface area contributed by atoms with E-state index in [0.717, 1.165) is 16.4 Å². The summed E-state index contributed by atoms with van der Waals surface area (Å²) in [6, 6.07) is 12.9. The van der Waals surface area contributed by atoms with Crippen molar-refractivity contribution in [3.8, 4) is 0 Å². The van der Waals surface area contributed by atoms with E-state index in [2.05, 4.69) is 0 Å². The monoisotopic (exact) mass is 268 g/mol. The fourth-order valence-electron chi connectivity index (χ4n) is 2.26. The first-order chi connectivity index (χ1) is 9.65. The third kappa shape index (κ3) is 2.16. The van der Waals surface area contributed by atoms with Crippen molar-refractivity contribution >= 4 is 33.7 Å². The molecule has 4 heteroatoms. The molecular weight excluding hydrogens is 256 g/mol. The Hall–Kier alpha value is -2.62. The van der Waals surface area contributed by atoms with Crippen molar-refractivity contribution in [2.45, 2.75) is 12.8 Å². The number of furan rings is 1. The Labute approximate surface area is 114 Å². The van der Waals surface area contributed by atoms with Gasteiger partial charge in [0, 0.05) is 22.8 Å². The number of carboxylic acid groups (broad SMARTS) is 1. The van der Waals surface area contributed by atoms with Crippen LogP contribution in [-0.2, 0) is 4.79 Å². The highest BCUT2D eigenvalue weighted by Crippen LogP contribution is 2.29. The molecule has 3 aromatic rings. The molecule has 0 aliphatic rings. The van der Waals surface area contributed by atoms with Crippen LogP contribution in [0.15, 0.2) is 46.9 Å². The van der Waals surface area contributed by atoms with Crippen LogP contribution in [0.3, 0.4) is 0 Å². The largest absolute Gasteiger partial charge is 0.481 e. The first-order valence-corrected chi connectivity index (χ1v) is 6.31. The van der Waals surface area contributed by atoms with Crippen molar-refractivity contribution in [2.24, 2.45) is 0 Å². The molecule has 20 heavy (non-hydrogen) atoms. The molecule has 3 rings (SSSR count). The minimum absolute atomic E-state index is 0.00106. The summed E-state index contributed by atoms with van der Waals surface area (Å²) in [6.07, 6.45) is -0.155. The van der Waals surface area contributed by atoms with Crippen LogP contribution < -0.4 is 0 Å². The van der Waals surface area contributed by atoms with Crippen molar-refractivity contribution in [3.05, 3.63) is 48.0 Å². The van der Waals surface area contributed by atoms with Crippen LogP contribution in [0.5, 0.6) is 0 Å². The molecule has 0 spiro atoms. The summed E-state index contributed by atoms with van der Waals surface area (Å²) in [6.45, 7) is 0. The van der Waals surface area contributed by atoms with Crippen LogP contribution in [0.1, 0.15) is 23.2 Å². The number of benzene rings is 2. The molecule has 100 valence electrons. The molecule has 2 aromatic carbocycles. The van der Waals surface area contributed by atoms with Gasteiger partial charge < -0.3 is 9.52 Å². The molecule has 0 fully saturated rings. The molecule has 4 nitrogen and oxygen atoms in total. The fraction of sp³-hybridized carbons (Fsp3) is 0.125. The highest BCUT2D eigenvalue weighted by Gasteiger charge is 2.12. The lowest BCUT2D eigenvalue weighted by Gasteiger charge is -1.99. The summed E-state index contributed by atoms with van der Waals surface area (Å²) in [5.41, 5.74) is 1.91. The van der Waals surface area contributed by atoms with Gasteiger partial charge in [0.15, 0.2) is 5.78 Å². The smallest absolute Gasteiger partial charge is 0.303 e. The number of para-hydroxylation sites is 1. The number of rotatable bonds is 4. The highest BCUT2D eigenvalue weighted by atomic mass is 16.4. The van der Waals surface area contributed by atoms with E-state index >= 15 is 0 Å². The number of ketones is 1. The molecule has 0 atom stereocenters. The molecular formula is C16H12O4. The zero-order valence-electron chi connectivity index (χ0n) is 10.6. The van der Waals surface area contributed by atoms with Crippen LogP contribution in [0, 0.1) is 0 Å². The van der Waals surface area contributed by atoms with E-state index in [1.54, 1.807) is 12.1 Å². The molecule has 1 heterocycles. The van der Waals surface area contributed by atoms with Gasteiger partial charge in [0.05, 0.1) is 6.42 Å². The zero-order chi connectivity index (χ0) is 14.1. The molecule has 0 bridgehead atoms. The summed E-state index contributed by atoms with van der Waals surface area (Å²) in [7, 11) is 0. The standard InChI is InChI=1S/C16H12O4/c17-13(7-8-16(18)19)10-5-6-12-11-3-1-2-4-14(11)20-15(12)9-10/h1-6,9H,7-8H2,(H,18,19). The maximum absolute atomic E-state index is 11.9. The van der Waals surface area contributed by atoms with Crippen LogP contribution in [0.2, 0.25) is 0 Å². The second-order valence-electron chi connectivity index (χ2n) is 4.63. The summed E-state index contributed by atoms with van der Waals surface area (Å²) >= 11 is 0. The molecule has 1 N–H and O–H groups in total. The van der Waals surface area contributed by atoms with Gasteiger partial charge in [-0.25, -0.2) is 0 Å². The van der Waals surface area contributed by atoms with Gasteiger partial charge >= 0.3 is 5.97 Å². The average Bonchev–Trinajstić information content (AvgIpc) is 2.82. The minimum atomic E-state index is -0.969. The second kappa shape index (κ2) is 4.81. The van der Waals surface area contributed by atoms with Crippen LogP contribution in [0.4, 0.5) is 0 Å². The first kappa shape index (κ1) is 12.4. The summed E-state index contributed by atoms with van der Waals surface area (Å²) in [4.78, 5) is 22.4. The quantitative estimate of drug-likeness (QED) is 0.733. The molecule has 0 aliphatic heterocycles. The molecule has 0 saturated heterocycles. The van der Waals surface area contributed by atoms with E-state index < -0.39 is 5.97 Å². The van der Waals surface area contributed by atoms with Gasteiger partial charge in [0.2, 0.25) is 0 Å². The van der Waals surface area contributed by atoms with E-state index in [-0.39, 0.29) is 18.6 Å². The third-order valence-electron chi connectivity index (χ3n) is 3.27. The predicted octanol–water partition coefficient (Wildman–Crippen LogP) is 3.63. The molecule has 0 amide bonds. The van der Waals surface area contributed by atoms with E-state index in [4.69, 9.17) is 9.52 Å². The Bertz CT molecular complexity index is 814. The number of hydrogen-bond donors (Lipinski definition) is 1. The molecule has 0 radical (unpaired) electrons. The van der Waals surface area contributed by atoms with Gasteiger partial charge in [0.25, 0.3) is 0 Å². The topological polar surface area (TPSA) is 67.5 Å².